The second-order valence-electron chi connectivity index (χ2n) is 7.78. The van der Waals surface area contributed by atoms with Crippen molar-refractivity contribution in [2.45, 2.75) is 40.2 Å². The third-order valence-electron chi connectivity index (χ3n) is 5.48. The fourth-order valence-corrected chi connectivity index (χ4v) is 3.69. The van der Waals surface area contributed by atoms with E-state index in [4.69, 9.17) is 4.74 Å². The summed E-state index contributed by atoms with van der Waals surface area (Å²) < 4.78 is 5.03. The summed E-state index contributed by atoms with van der Waals surface area (Å²) in [7, 11) is 0. The number of ether oxygens (including phenoxy) is 1. The predicted molar refractivity (Wildman–Crippen MR) is 115 cm³/mol. The number of carbonyl (C=O) groups excluding carboxylic acids is 2. The van der Waals surface area contributed by atoms with Gasteiger partial charge in [-0.3, -0.25) is 9.69 Å². The normalized spacial score (nSPS) is 15.1. The number of piperidine rings is 1. The van der Waals surface area contributed by atoms with E-state index in [1.165, 1.54) is 11.1 Å². The molecule has 0 bridgehead atoms. The minimum absolute atomic E-state index is 0.0217. The SMILES string of the molecule is CCOC(=O)c1ccc(NC(=O)C2CCN(Cc3ccc(C)cc3)CC2)c(C)c1. The van der Waals surface area contributed by atoms with E-state index in [9.17, 15) is 9.59 Å². The maximum absolute atomic E-state index is 12.7. The first-order valence-corrected chi connectivity index (χ1v) is 10.3. The minimum atomic E-state index is -0.338. The van der Waals surface area contributed by atoms with Gasteiger partial charge >= 0.3 is 5.97 Å². The number of benzene rings is 2. The van der Waals surface area contributed by atoms with E-state index in [0.29, 0.717) is 12.2 Å². The Balaban J connectivity index is 1.52. The molecule has 5 nitrogen and oxygen atoms in total. The lowest BCUT2D eigenvalue weighted by Crippen LogP contribution is -2.37. The first-order chi connectivity index (χ1) is 14.0. The van der Waals surface area contributed by atoms with E-state index in [1.807, 2.05) is 6.92 Å². The number of likely N-dealkylation sites (tertiary alicyclic amines) is 1. The molecule has 3 rings (SSSR count). The topological polar surface area (TPSA) is 58.6 Å². The Hall–Kier alpha value is -2.66. The molecular weight excluding hydrogens is 364 g/mol. The molecule has 0 aliphatic carbocycles. The molecule has 1 fully saturated rings. The van der Waals surface area contributed by atoms with Crippen LogP contribution in [-0.2, 0) is 16.1 Å². The average molecular weight is 395 g/mol. The minimum Gasteiger partial charge on any atom is -0.462 e. The fraction of sp³-hybridized carbons (Fsp3) is 0.417. The van der Waals surface area contributed by atoms with Crippen molar-refractivity contribution in [3.63, 3.8) is 0 Å². The van der Waals surface area contributed by atoms with Crippen molar-refractivity contribution < 1.29 is 14.3 Å². The van der Waals surface area contributed by atoms with E-state index in [-0.39, 0.29) is 17.8 Å². The van der Waals surface area contributed by atoms with Gasteiger partial charge in [-0.2, -0.15) is 0 Å². The van der Waals surface area contributed by atoms with E-state index >= 15 is 0 Å². The van der Waals surface area contributed by atoms with Gasteiger partial charge in [0.25, 0.3) is 0 Å². The summed E-state index contributed by atoms with van der Waals surface area (Å²) in [5.41, 5.74) is 4.71. The van der Waals surface area contributed by atoms with Crippen LogP contribution in [0.4, 0.5) is 5.69 Å². The number of hydrogen-bond acceptors (Lipinski definition) is 4. The number of anilines is 1. The van der Waals surface area contributed by atoms with E-state index in [2.05, 4.69) is 41.4 Å². The molecule has 1 heterocycles. The molecule has 1 aliphatic rings. The zero-order valence-corrected chi connectivity index (χ0v) is 17.5. The van der Waals surface area contributed by atoms with Gasteiger partial charge in [-0.25, -0.2) is 4.79 Å². The van der Waals surface area contributed by atoms with Gasteiger partial charge in [0.1, 0.15) is 0 Å². The van der Waals surface area contributed by atoms with Crippen LogP contribution in [0.1, 0.15) is 46.8 Å². The monoisotopic (exact) mass is 394 g/mol. The van der Waals surface area contributed by atoms with Gasteiger partial charge in [-0.05, 0) is 76.0 Å². The van der Waals surface area contributed by atoms with Crippen LogP contribution in [0.15, 0.2) is 42.5 Å². The third kappa shape index (κ3) is 5.67. The number of hydrogen-bond donors (Lipinski definition) is 1. The Morgan fingerprint density at radius 1 is 1.07 bits per heavy atom. The number of rotatable bonds is 6. The van der Waals surface area contributed by atoms with Crippen molar-refractivity contribution in [3.8, 4) is 0 Å². The number of aryl methyl sites for hydroxylation is 2. The molecule has 2 aromatic rings. The van der Waals surface area contributed by atoms with Crippen LogP contribution in [-0.4, -0.2) is 36.5 Å². The Kier molecular flexibility index (Phi) is 7.04. The quantitative estimate of drug-likeness (QED) is 0.741. The van der Waals surface area contributed by atoms with Gasteiger partial charge in [0.2, 0.25) is 5.91 Å². The van der Waals surface area contributed by atoms with E-state index < -0.39 is 0 Å². The smallest absolute Gasteiger partial charge is 0.338 e. The Morgan fingerprint density at radius 3 is 2.38 bits per heavy atom. The number of nitrogens with zero attached hydrogens (tertiary/aromatic N) is 1. The van der Waals surface area contributed by atoms with Gasteiger partial charge in [0.05, 0.1) is 12.2 Å². The summed E-state index contributed by atoms with van der Waals surface area (Å²) in [4.78, 5) is 27.0. The maximum Gasteiger partial charge on any atom is 0.338 e. The molecule has 1 amide bonds. The molecule has 2 aromatic carbocycles. The summed E-state index contributed by atoms with van der Waals surface area (Å²) in [6.45, 7) is 8.90. The van der Waals surface area contributed by atoms with Crippen molar-refractivity contribution in [2.75, 3.05) is 25.0 Å². The molecule has 0 radical (unpaired) electrons. The van der Waals surface area contributed by atoms with Crippen molar-refractivity contribution in [2.24, 2.45) is 5.92 Å². The molecule has 29 heavy (non-hydrogen) atoms. The molecule has 1 saturated heterocycles. The van der Waals surface area contributed by atoms with Crippen molar-refractivity contribution >= 4 is 17.6 Å². The molecule has 0 atom stereocenters. The highest BCUT2D eigenvalue weighted by Gasteiger charge is 2.25. The van der Waals surface area contributed by atoms with Crippen molar-refractivity contribution in [3.05, 3.63) is 64.7 Å². The van der Waals surface area contributed by atoms with Crippen molar-refractivity contribution in [1.29, 1.82) is 0 Å². The Labute approximate surface area is 173 Å². The summed E-state index contributed by atoms with van der Waals surface area (Å²) in [5.74, 6) is -0.255. The van der Waals surface area contributed by atoms with Crippen LogP contribution in [0, 0.1) is 19.8 Å². The van der Waals surface area contributed by atoms with Crippen LogP contribution in [0.2, 0.25) is 0 Å². The van der Waals surface area contributed by atoms with E-state index in [1.54, 1.807) is 25.1 Å². The van der Waals surface area contributed by atoms with Crippen molar-refractivity contribution in [1.82, 2.24) is 4.90 Å². The lowest BCUT2D eigenvalue weighted by molar-refractivity contribution is -0.121. The Bertz CT molecular complexity index is 853. The van der Waals surface area contributed by atoms with Crippen LogP contribution in [0.25, 0.3) is 0 Å². The van der Waals surface area contributed by atoms with Crippen LogP contribution >= 0.6 is 0 Å². The number of amides is 1. The lowest BCUT2D eigenvalue weighted by Gasteiger charge is -2.31. The number of esters is 1. The second-order valence-corrected chi connectivity index (χ2v) is 7.78. The highest BCUT2D eigenvalue weighted by molar-refractivity contribution is 5.95. The summed E-state index contributed by atoms with van der Waals surface area (Å²) in [6.07, 6.45) is 1.72. The first kappa shape index (κ1) is 21.1. The van der Waals surface area contributed by atoms with E-state index in [0.717, 1.165) is 43.7 Å². The molecular formula is C24H30N2O3. The highest BCUT2D eigenvalue weighted by atomic mass is 16.5. The number of carbonyl (C=O) groups is 2. The molecule has 1 N–H and O–H groups in total. The molecule has 0 aromatic heterocycles. The second kappa shape index (κ2) is 9.70. The van der Waals surface area contributed by atoms with Gasteiger partial charge in [-0.1, -0.05) is 29.8 Å². The van der Waals surface area contributed by atoms with Gasteiger partial charge in [-0.15, -0.1) is 0 Å². The molecule has 0 spiro atoms. The molecule has 0 saturated carbocycles. The number of nitrogens with one attached hydrogen (secondary N) is 1. The largest absolute Gasteiger partial charge is 0.462 e. The summed E-state index contributed by atoms with van der Waals surface area (Å²) in [5, 5.41) is 3.04. The zero-order chi connectivity index (χ0) is 20.8. The average Bonchev–Trinajstić information content (AvgIpc) is 2.72. The molecule has 0 unspecified atom stereocenters. The van der Waals surface area contributed by atoms with Crippen LogP contribution in [0.3, 0.4) is 0 Å². The lowest BCUT2D eigenvalue weighted by atomic mass is 9.95. The zero-order valence-electron chi connectivity index (χ0n) is 17.5. The fourth-order valence-electron chi connectivity index (χ4n) is 3.69. The van der Waals surface area contributed by atoms with Gasteiger partial charge in [0.15, 0.2) is 0 Å². The van der Waals surface area contributed by atoms with Gasteiger partial charge < -0.3 is 10.1 Å². The molecule has 5 heteroatoms. The highest BCUT2D eigenvalue weighted by Crippen LogP contribution is 2.23. The maximum atomic E-state index is 12.7. The van der Waals surface area contributed by atoms with Crippen LogP contribution < -0.4 is 5.32 Å². The molecule has 154 valence electrons. The third-order valence-corrected chi connectivity index (χ3v) is 5.48. The first-order valence-electron chi connectivity index (χ1n) is 10.3. The van der Waals surface area contributed by atoms with Crippen LogP contribution in [0.5, 0.6) is 0 Å². The molecule has 1 aliphatic heterocycles. The summed E-state index contributed by atoms with van der Waals surface area (Å²) >= 11 is 0. The Morgan fingerprint density at radius 2 is 1.76 bits per heavy atom. The summed E-state index contributed by atoms with van der Waals surface area (Å²) in [6, 6.07) is 13.9. The standard InChI is InChI=1S/C24H30N2O3/c1-4-29-24(28)21-9-10-22(18(3)15-21)25-23(27)20-11-13-26(14-12-20)16-19-7-5-17(2)6-8-19/h5-10,15,20H,4,11-14,16H2,1-3H3,(H,25,27). The predicted octanol–water partition coefficient (Wildman–Crippen LogP) is 4.33. The van der Waals surface area contributed by atoms with Gasteiger partial charge in [0, 0.05) is 18.2 Å².